The zero-order chi connectivity index (χ0) is 27.4. The third-order valence-corrected chi connectivity index (χ3v) is 6.66. The van der Waals surface area contributed by atoms with Crippen LogP contribution >= 0.6 is 11.3 Å². The number of ketones is 1. The molecule has 4 rings (SSSR count). The van der Waals surface area contributed by atoms with Crippen LogP contribution in [0.4, 0.5) is 27.6 Å². The Morgan fingerprint density at radius 1 is 1.05 bits per heavy atom. The Hall–Kier alpha value is -3.49. The summed E-state index contributed by atoms with van der Waals surface area (Å²) in [5.74, 6) is -3.15. The number of piperazine rings is 1. The quantitative estimate of drug-likeness (QED) is 0.332. The predicted octanol–water partition coefficient (Wildman–Crippen LogP) is 3.99. The van der Waals surface area contributed by atoms with Crippen molar-refractivity contribution in [2.75, 3.05) is 45.1 Å². The summed E-state index contributed by atoms with van der Waals surface area (Å²) in [4.78, 5) is 29.4. The van der Waals surface area contributed by atoms with Gasteiger partial charge in [-0.15, -0.1) is 23.4 Å². The molecule has 38 heavy (non-hydrogen) atoms. The summed E-state index contributed by atoms with van der Waals surface area (Å²) >= 11 is 0.875. The van der Waals surface area contributed by atoms with Gasteiger partial charge in [-0.3, -0.25) is 14.5 Å². The average molecular weight is 556 g/mol. The minimum absolute atomic E-state index is 0.0110. The number of halogens is 5. The number of nitrogens with one attached hydrogen (secondary N) is 1. The first-order valence-electron chi connectivity index (χ1n) is 11.4. The van der Waals surface area contributed by atoms with Crippen molar-refractivity contribution >= 4 is 28.7 Å². The van der Waals surface area contributed by atoms with Gasteiger partial charge in [0.15, 0.2) is 16.5 Å². The van der Waals surface area contributed by atoms with E-state index in [0.29, 0.717) is 13.1 Å². The van der Waals surface area contributed by atoms with Crippen molar-refractivity contribution < 1.29 is 36.3 Å². The topological polar surface area (TPSA) is 87.7 Å². The Morgan fingerprint density at radius 3 is 2.50 bits per heavy atom. The van der Waals surface area contributed by atoms with Crippen molar-refractivity contribution in [2.24, 2.45) is 0 Å². The Morgan fingerprint density at radius 2 is 1.79 bits per heavy atom. The highest BCUT2D eigenvalue weighted by Gasteiger charge is 2.33. The molecule has 1 saturated heterocycles. The van der Waals surface area contributed by atoms with Gasteiger partial charge in [-0.25, -0.2) is 8.78 Å². The number of aromatic nitrogens is 2. The SMILES string of the molecule is CN1CCN(CC(=O)Nc2cc(C(=O)Cc3nnc(-c4cc(F)ccc4F)s3)ccc2OC(F)(F)F)CC1. The third kappa shape index (κ3) is 7.30. The largest absolute Gasteiger partial charge is 0.573 e. The van der Waals surface area contributed by atoms with E-state index in [1.165, 1.54) is 0 Å². The summed E-state index contributed by atoms with van der Waals surface area (Å²) in [7, 11) is 1.95. The fraction of sp³-hybridized carbons (Fsp3) is 0.333. The highest BCUT2D eigenvalue weighted by atomic mass is 32.1. The summed E-state index contributed by atoms with van der Waals surface area (Å²) < 4.78 is 70.4. The first kappa shape index (κ1) is 27.5. The summed E-state index contributed by atoms with van der Waals surface area (Å²) in [5.41, 5.74) is -0.435. The van der Waals surface area contributed by atoms with Crippen LogP contribution in [0.1, 0.15) is 15.4 Å². The number of nitrogens with zero attached hydrogens (tertiary/aromatic N) is 4. The number of hydrogen-bond donors (Lipinski definition) is 1. The molecular formula is C24H22F5N5O3S. The number of carbonyl (C=O) groups is 2. The smallest absolute Gasteiger partial charge is 0.404 e. The molecular weight excluding hydrogens is 533 g/mol. The summed E-state index contributed by atoms with van der Waals surface area (Å²) in [5, 5.41) is 10.3. The van der Waals surface area contributed by atoms with E-state index < -0.39 is 35.4 Å². The molecule has 0 unspecified atom stereocenters. The fourth-order valence-electron chi connectivity index (χ4n) is 3.75. The average Bonchev–Trinajstić information content (AvgIpc) is 3.30. The molecule has 1 amide bonds. The lowest BCUT2D eigenvalue weighted by atomic mass is 10.1. The minimum atomic E-state index is -5.02. The molecule has 1 fully saturated rings. The number of ether oxygens (including phenoxy) is 1. The molecule has 1 N–H and O–H groups in total. The zero-order valence-electron chi connectivity index (χ0n) is 20.0. The monoisotopic (exact) mass is 555 g/mol. The van der Waals surface area contributed by atoms with Crippen LogP contribution in [0.3, 0.4) is 0 Å². The van der Waals surface area contributed by atoms with Gasteiger partial charge < -0.3 is 15.0 Å². The summed E-state index contributed by atoms with van der Waals surface area (Å²) in [6.07, 6.45) is -5.32. The number of alkyl halides is 3. The van der Waals surface area contributed by atoms with E-state index in [-0.39, 0.29) is 39.8 Å². The second-order valence-electron chi connectivity index (χ2n) is 8.61. The van der Waals surface area contributed by atoms with Gasteiger partial charge in [0.2, 0.25) is 5.91 Å². The molecule has 8 nitrogen and oxygen atoms in total. The normalized spacial score (nSPS) is 14.9. The Balaban J connectivity index is 1.50. The maximum atomic E-state index is 14.0. The van der Waals surface area contributed by atoms with Crippen LogP contribution < -0.4 is 10.1 Å². The molecule has 1 aliphatic heterocycles. The van der Waals surface area contributed by atoms with Crippen LogP contribution in [0.25, 0.3) is 10.6 Å². The third-order valence-electron chi connectivity index (χ3n) is 5.70. The lowest BCUT2D eigenvalue weighted by Gasteiger charge is -2.31. The van der Waals surface area contributed by atoms with Gasteiger partial charge in [0, 0.05) is 31.7 Å². The van der Waals surface area contributed by atoms with Crippen molar-refractivity contribution in [3.63, 3.8) is 0 Å². The summed E-state index contributed by atoms with van der Waals surface area (Å²) in [6.45, 7) is 2.70. The van der Waals surface area contributed by atoms with Crippen LogP contribution in [-0.2, 0) is 11.2 Å². The predicted molar refractivity (Wildman–Crippen MR) is 129 cm³/mol. The molecule has 14 heteroatoms. The van der Waals surface area contributed by atoms with Crippen molar-refractivity contribution in [1.82, 2.24) is 20.0 Å². The second-order valence-corrected chi connectivity index (χ2v) is 9.67. The number of likely N-dealkylation sites (N-methyl/N-ethyl adjacent to an activating group) is 1. The van der Waals surface area contributed by atoms with E-state index in [4.69, 9.17) is 0 Å². The van der Waals surface area contributed by atoms with Crippen LogP contribution in [0.15, 0.2) is 36.4 Å². The molecule has 0 radical (unpaired) electrons. The second kappa shape index (κ2) is 11.5. The van der Waals surface area contributed by atoms with E-state index in [0.717, 1.165) is 60.8 Å². The van der Waals surface area contributed by atoms with E-state index in [1.807, 2.05) is 11.9 Å². The number of amides is 1. The maximum absolute atomic E-state index is 14.0. The van der Waals surface area contributed by atoms with E-state index in [2.05, 4.69) is 25.2 Å². The molecule has 0 bridgehead atoms. The molecule has 2 aromatic carbocycles. The summed E-state index contributed by atoms with van der Waals surface area (Å²) in [6, 6.07) is 6.03. The van der Waals surface area contributed by atoms with Gasteiger partial charge in [-0.2, -0.15) is 0 Å². The number of Topliss-reactive ketones (excluding diaryl/α,β-unsaturated/α-hetero) is 1. The number of benzene rings is 2. The molecule has 0 aliphatic carbocycles. The first-order chi connectivity index (χ1) is 18.0. The molecule has 1 aliphatic rings. The van der Waals surface area contributed by atoms with Crippen LogP contribution in [0.2, 0.25) is 0 Å². The Kier molecular flexibility index (Phi) is 8.33. The highest BCUT2D eigenvalue weighted by molar-refractivity contribution is 7.14. The van der Waals surface area contributed by atoms with Gasteiger partial charge in [-0.1, -0.05) is 11.3 Å². The van der Waals surface area contributed by atoms with Crippen molar-refractivity contribution in [3.05, 3.63) is 58.6 Å². The molecule has 0 spiro atoms. The first-order valence-corrected chi connectivity index (χ1v) is 12.2. The van der Waals surface area contributed by atoms with Crippen LogP contribution in [0.5, 0.6) is 5.75 Å². The van der Waals surface area contributed by atoms with Crippen molar-refractivity contribution in [1.29, 1.82) is 0 Å². The zero-order valence-corrected chi connectivity index (χ0v) is 20.8. The van der Waals surface area contributed by atoms with Crippen LogP contribution in [0, 0.1) is 11.6 Å². The van der Waals surface area contributed by atoms with Crippen molar-refractivity contribution in [3.8, 4) is 16.3 Å². The lowest BCUT2D eigenvalue weighted by Crippen LogP contribution is -2.47. The number of rotatable bonds is 8. The van der Waals surface area contributed by atoms with E-state index in [1.54, 1.807) is 0 Å². The maximum Gasteiger partial charge on any atom is 0.573 e. The standard InChI is InChI=1S/C24H22F5N5O3S/c1-33-6-8-34(9-7-33)13-21(36)30-18-10-14(2-5-20(18)37-24(27,28)29)19(35)12-22-31-32-23(38-22)16-11-15(25)3-4-17(16)26/h2-5,10-11H,6-9,12-13H2,1H3,(H,30,36). The molecule has 3 aromatic rings. The molecule has 1 aromatic heterocycles. The minimum Gasteiger partial charge on any atom is -0.404 e. The van der Waals surface area contributed by atoms with Gasteiger partial charge in [-0.05, 0) is 43.4 Å². The molecule has 0 saturated carbocycles. The van der Waals surface area contributed by atoms with Gasteiger partial charge in [0.25, 0.3) is 0 Å². The van der Waals surface area contributed by atoms with E-state index >= 15 is 0 Å². The molecule has 202 valence electrons. The molecule has 0 atom stereocenters. The fourth-order valence-corrected chi connectivity index (χ4v) is 4.60. The van der Waals surface area contributed by atoms with Crippen LogP contribution in [-0.4, -0.2) is 77.8 Å². The number of anilines is 1. The van der Waals surface area contributed by atoms with Gasteiger partial charge in [0.05, 0.1) is 24.2 Å². The van der Waals surface area contributed by atoms with Gasteiger partial charge in [0.1, 0.15) is 16.6 Å². The lowest BCUT2D eigenvalue weighted by molar-refractivity contribution is -0.274. The Bertz CT molecular complexity index is 1330. The van der Waals surface area contributed by atoms with E-state index in [9.17, 15) is 31.5 Å². The van der Waals surface area contributed by atoms with Crippen molar-refractivity contribution in [2.45, 2.75) is 12.8 Å². The highest BCUT2D eigenvalue weighted by Crippen LogP contribution is 2.32. The molecule has 2 heterocycles. The number of carbonyl (C=O) groups excluding carboxylic acids is 2. The Labute approximate surface area is 218 Å². The number of hydrogen-bond acceptors (Lipinski definition) is 8. The van der Waals surface area contributed by atoms with Gasteiger partial charge >= 0.3 is 6.36 Å².